The van der Waals surface area contributed by atoms with Crippen LogP contribution in [0.1, 0.15) is 10.5 Å². The van der Waals surface area contributed by atoms with Crippen LogP contribution >= 0.6 is 11.6 Å². The predicted octanol–water partition coefficient (Wildman–Crippen LogP) is 2.41. The molecule has 0 saturated heterocycles. The van der Waals surface area contributed by atoms with Crippen LogP contribution in [0.2, 0.25) is 5.15 Å². The summed E-state index contributed by atoms with van der Waals surface area (Å²) in [5, 5.41) is 0.206. The molecule has 0 unspecified atom stereocenters. The molecule has 0 spiro atoms. The molecule has 0 saturated carbocycles. The highest BCUT2D eigenvalue weighted by Gasteiger charge is 2.15. The first-order valence-electron chi connectivity index (χ1n) is 4.99. The maximum absolute atomic E-state index is 12.1. The first-order valence-corrected chi connectivity index (χ1v) is 5.37. The van der Waals surface area contributed by atoms with E-state index >= 15 is 0 Å². The molecule has 0 N–H and O–H groups in total. The van der Waals surface area contributed by atoms with Gasteiger partial charge in [-0.15, -0.1) is 0 Å². The molecule has 5 heteroatoms. The summed E-state index contributed by atoms with van der Waals surface area (Å²) in [7, 11) is 1.68. The average Bonchev–Trinajstić information content (AvgIpc) is 2.38. The Morgan fingerprint density at radius 1 is 1.24 bits per heavy atom. The lowest BCUT2D eigenvalue weighted by atomic mass is 10.3. The van der Waals surface area contributed by atoms with Crippen LogP contribution in [-0.4, -0.2) is 22.9 Å². The van der Waals surface area contributed by atoms with Gasteiger partial charge in [-0.3, -0.25) is 9.78 Å². The quantitative estimate of drug-likeness (QED) is 0.819. The van der Waals surface area contributed by atoms with Gasteiger partial charge in [0.25, 0.3) is 5.91 Å². The van der Waals surface area contributed by atoms with Crippen molar-refractivity contribution in [1.82, 2.24) is 9.97 Å². The number of benzene rings is 1. The zero-order chi connectivity index (χ0) is 12.3. The molecule has 1 heterocycles. The Kier molecular flexibility index (Phi) is 3.35. The van der Waals surface area contributed by atoms with E-state index in [0.717, 1.165) is 5.69 Å². The van der Waals surface area contributed by atoms with Crippen LogP contribution in [-0.2, 0) is 0 Å². The summed E-state index contributed by atoms with van der Waals surface area (Å²) in [6, 6.07) is 9.30. The Morgan fingerprint density at radius 2 is 1.94 bits per heavy atom. The second kappa shape index (κ2) is 4.93. The van der Waals surface area contributed by atoms with E-state index in [2.05, 4.69) is 9.97 Å². The van der Waals surface area contributed by atoms with Gasteiger partial charge in [-0.2, -0.15) is 0 Å². The van der Waals surface area contributed by atoms with E-state index in [1.54, 1.807) is 7.05 Å². The number of hydrogen-bond acceptors (Lipinski definition) is 3. The van der Waals surface area contributed by atoms with Gasteiger partial charge in [0, 0.05) is 12.7 Å². The van der Waals surface area contributed by atoms with Gasteiger partial charge in [0.1, 0.15) is 10.8 Å². The summed E-state index contributed by atoms with van der Waals surface area (Å²) in [6.45, 7) is 0. The molecule has 2 rings (SSSR count). The monoisotopic (exact) mass is 247 g/mol. The topological polar surface area (TPSA) is 46.1 Å². The Balaban J connectivity index is 2.27. The van der Waals surface area contributed by atoms with Crippen molar-refractivity contribution < 1.29 is 4.79 Å². The Morgan fingerprint density at radius 3 is 2.59 bits per heavy atom. The minimum atomic E-state index is -0.244. The molecule has 0 aliphatic heterocycles. The van der Waals surface area contributed by atoms with E-state index in [0.29, 0.717) is 0 Å². The summed E-state index contributed by atoms with van der Waals surface area (Å²) in [4.78, 5) is 21.3. The van der Waals surface area contributed by atoms with Crippen molar-refractivity contribution in [3.05, 3.63) is 53.6 Å². The molecular formula is C12H10ClN3O. The molecule has 0 bridgehead atoms. The number of amides is 1. The zero-order valence-electron chi connectivity index (χ0n) is 9.17. The van der Waals surface area contributed by atoms with E-state index in [9.17, 15) is 4.79 Å². The van der Waals surface area contributed by atoms with E-state index in [-0.39, 0.29) is 16.8 Å². The molecule has 86 valence electrons. The molecule has 4 nitrogen and oxygen atoms in total. The van der Waals surface area contributed by atoms with Crippen LogP contribution in [0.25, 0.3) is 0 Å². The minimum Gasteiger partial charge on any atom is -0.310 e. The molecule has 0 radical (unpaired) electrons. The van der Waals surface area contributed by atoms with Crippen molar-refractivity contribution in [2.45, 2.75) is 0 Å². The van der Waals surface area contributed by atoms with Crippen molar-refractivity contribution in [2.75, 3.05) is 11.9 Å². The number of halogens is 1. The molecule has 1 aromatic heterocycles. The van der Waals surface area contributed by atoms with E-state index in [1.807, 2.05) is 30.3 Å². The number of aromatic nitrogens is 2. The number of carbonyl (C=O) groups is 1. The Bertz CT molecular complexity index is 530. The third-order valence-electron chi connectivity index (χ3n) is 2.27. The number of carbonyl (C=O) groups excluding carboxylic acids is 1. The van der Waals surface area contributed by atoms with Crippen molar-refractivity contribution in [2.24, 2.45) is 0 Å². The highest BCUT2D eigenvalue weighted by molar-refractivity contribution is 6.29. The highest BCUT2D eigenvalue weighted by atomic mass is 35.5. The lowest BCUT2D eigenvalue weighted by Gasteiger charge is -2.16. The number of rotatable bonds is 2. The van der Waals surface area contributed by atoms with Gasteiger partial charge in [0.15, 0.2) is 0 Å². The van der Waals surface area contributed by atoms with Gasteiger partial charge >= 0.3 is 0 Å². The fourth-order valence-electron chi connectivity index (χ4n) is 1.39. The molecule has 0 aliphatic carbocycles. The summed E-state index contributed by atoms with van der Waals surface area (Å²) in [5.41, 5.74) is 1.02. The van der Waals surface area contributed by atoms with Crippen LogP contribution in [0.4, 0.5) is 5.69 Å². The van der Waals surface area contributed by atoms with Gasteiger partial charge in [-0.05, 0) is 12.1 Å². The molecular weight excluding hydrogens is 238 g/mol. The SMILES string of the molecule is CN(C(=O)c1cncc(Cl)n1)c1ccccc1. The minimum absolute atomic E-state index is 0.206. The predicted molar refractivity (Wildman–Crippen MR) is 66.2 cm³/mol. The van der Waals surface area contributed by atoms with Crippen molar-refractivity contribution in [3.63, 3.8) is 0 Å². The number of hydrogen-bond donors (Lipinski definition) is 0. The molecule has 0 aliphatic rings. The van der Waals surface area contributed by atoms with Gasteiger partial charge in [0.05, 0.1) is 12.4 Å². The smallest absolute Gasteiger partial charge is 0.278 e. The Labute approximate surface area is 104 Å². The fraction of sp³-hybridized carbons (Fsp3) is 0.0833. The standard InChI is InChI=1S/C12H10ClN3O/c1-16(9-5-3-2-4-6-9)12(17)10-7-14-8-11(13)15-10/h2-8H,1H3. The van der Waals surface area contributed by atoms with Crippen molar-refractivity contribution in [3.8, 4) is 0 Å². The third-order valence-corrected chi connectivity index (χ3v) is 2.45. The second-order valence-corrected chi connectivity index (χ2v) is 3.81. The normalized spacial score (nSPS) is 10.0. The molecule has 2 aromatic rings. The largest absolute Gasteiger partial charge is 0.310 e. The lowest BCUT2D eigenvalue weighted by molar-refractivity contribution is 0.0988. The second-order valence-electron chi connectivity index (χ2n) is 3.43. The van der Waals surface area contributed by atoms with Crippen LogP contribution in [0.3, 0.4) is 0 Å². The van der Waals surface area contributed by atoms with Crippen molar-refractivity contribution in [1.29, 1.82) is 0 Å². The summed E-state index contributed by atoms with van der Waals surface area (Å²) in [6.07, 6.45) is 2.79. The van der Waals surface area contributed by atoms with E-state index in [1.165, 1.54) is 17.3 Å². The van der Waals surface area contributed by atoms with Gasteiger partial charge in [-0.25, -0.2) is 4.98 Å². The molecule has 17 heavy (non-hydrogen) atoms. The van der Waals surface area contributed by atoms with Gasteiger partial charge in [0.2, 0.25) is 0 Å². The van der Waals surface area contributed by atoms with Crippen LogP contribution < -0.4 is 4.90 Å². The summed E-state index contributed by atoms with van der Waals surface area (Å²) >= 11 is 5.70. The maximum atomic E-state index is 12.1. The van der Waals surface area contributed by atoms with Gasteiger partial charge in [-0.1, -0.05) is 29.8 Å². The molecule has 0 fully saturated rings. The van der Waals surface area contributed by atoms with E-state index < -0.39 is 0 Å². The number of para-hydroxylation sites is 1. The van der Waals surface area contributed by atoms with E-state index in [4.69, 9.17) is 11.6 Å². The lowest BCUT2D eigenvalue weighted by Crippen LogP contribution is -2.27. The van der Waals surface area contributed by atoms with Crippen LogP contribution in [0.15, 0.2) is 42.7 Å². The molecule has 0 atom stereocenters. The maximum Gasteiger partial charge on any atom is 0.278 e. The summed E-state index contributed by atoms with van der Waals surface area (Å²) in [5.74, 6) is -0.244. The number of anilines is 1. The first-order chi connectivity index (χ1) is 8.18. The molecule has 1 aromatic carbocycles. The molecule has 1 amide bonds. The average molecular weight is 248 g/mol. The van der Waals surface area contributed by atoms with Crippen LogP contribution in [0.5, 0.6) is 0 Å². The number of nitrogens with zero attached hydrogens (tertiary/aromatic N) is 3. The Hall–Kier alpha value is -1.94. The first kappa shape index (κ1) is 11.5. The zero-order valence-corrected chi connectivity index (χ0v) is 9.93. The van der Waals surface area contributed by atoms with Crippen molar-refractivity contribution >= 4 is 23.2 Å². The van der Waals surface area contributed by atoms with Gasteiger partial charge < -0.3 is 4.90 Å². The summed E-state index contributed by atoms with van der Waals surface area (Å²) < 4.78 is 0. The highest BCUT2D eigenvalue weighted by Crippen LogP contribution is 2.14. The third kappa shape index (κ3) is 2.60. The fourth-order valence-corrected chi connectivity index (χ4v) is 1.53. The van der Waals surface area contributed by atoms with Crippen LogP contribution in [0, 0.1) is 0 Å².